The summed E-state index contributed by atoms with van der Waals surface area (Å²) < 4.78 is 10.1. The number of amides is 1. The molecule has 0 saturated carbocycles. The molecule has 0 bridgehead atoms. The van der Waals surface area contributed by atoms with Crippen molar-refractivity contribution in [1.29, 1.82) is 0 Å². The van der Waals surface area contributed by atoms with Crippen molar-refractivity contribution in [2.45, 2.75) is 19.8 Å². The predicted octanol–water partition coefficient (Wildman–Crippen LogP) is 3.61. The van der Waals surface area contributed by atoms with Gasteiger partial charge in [0.25, 0.3) is 5.91 Å². The monoisotopic (exact) mass is 327 g/mol. The van der Waals surface area contributed by atoms with Gasteiger partial charge in [0.05, 0.1) is 12.7 Å². The number of carbonyl (C=O) groups excluding carboxylic acids is 2. The molecule has 126 valence electrons. The lowest BCUT2D eigenvalue weighted by atomic mass is 10.0. The van der Waals surface area contributed by atoms with Crippen LogP contribution in [-0.2, 0) is 9.53 Å². The fourth-order valence-electron chi connectivity index (χ4n) is 2.14. The number of hydrogen-bond donors (Lipinski definition) is 1. The molecule has 0 heterocycles. The van der Waals surface area contributed by atoms with Crippen LogP contribution in [0.2, 0.25) is 0 Å². The smallest absolute Gasteiger partial charge is 0.337 e. The lowest BCUT2D eigenvalue weighted by Gasteiger charge is -2.10. The largest absolute Gasteiger partial charge is 0.484 e. The number of esters is 1. The first-order chi connectivity index (χ1) is 11.5. The van der Waals surface area contributed by atoms with Crippen LogP contribution in [0, 0.1) is 0 Å². The molecule has 5 heteroatoms. The average Bonchev–Trinajstić information content (AvgIpc) is 2.59. The van der Waals surface area contributed by atoms with Gasteiger partial charge in [0.1, 0.15) is 5.75 Å². The van der Waals surface area contributed by atoms with Gasteiger partial charge in [-0.1, -0.05) is 32.0 Å². The Hall–Kier alpha value is -2.82. The van der Waals surface area contributed by atoms with Crippen LogP contribution in [0.15, 0.2) is 48.5 Å². The molecule has 0 radical (unpaired) electrons. The maximum absolute atomic E-state index is 12.0. The van der Waals surface area contributed by atoms with E-state index in [0.29, 0.717) is 22.9 Å². The minimum atomic E-state index is -0.451. The quantitative estimate of drug-likeness (QED) is 0.823. The van der Waals surface area contributed by atoms with Crippen molar-refractivity contribution in [2.75, 3.05) is 19.0 Å². The molecule has 0 aromatic heterocycles. The molecule has 0 aliphatic carbocycles. The Morgan fingerprint density at radius 2 is 1.79 bits per heavy atom. The highest BCUT2D eigenvalue weighted by atomic mass is 16.5. The second-order valence-corrected chi connectivity index (χ2v) is 5.63. The number of benzene rings is 2. The number of ether oxygens (including phenoxy) is 2. The first-order valence-electron chi connectivity index (χ1n) is 7.70. The number of nitrogens with one attached hydrogen (secondary N) is 1. The summed E-state index contributed by atoms with van der Waals surface area (Å²) >= 11 is 0. The fourth-order valence-corrected chi connectivity index (χ4v) is 2.14. The molecule has 2 aromatic rings. The molecule has 0 aliphatic heterocycles. The van der Waals surface area contributed by atoms with Gasteiger partial charge in [0, 0.05) is 5.69 Å². The second-order valence-electron chi connectivity index (χ2n) is 5.63. The van der Waals surface area contributed by atoms with Crippen LogP contribution in [0.25, 0.3) is 0 Å². The Kier molecular flexibility index (Phi) is 5.95. The van der Waals surface area contributed by atoms with Crippen LogP contribution in [0.4, 0.5) is 5.69 Å². The van der Waals surface area contributed by atoms with E-state index in [1.807, 2.05) is 24.3 Å². The third-order valence-electron chi connectivity index (χ3n) is 3.48. The average molecular weight is 327 g/mol. The highest BCUT2D eigenvalue weighted by Gasteiger charge is 2.08. The molecule has 0 saturated heterocycles. The van der Waals surface area contributed by atoms with Gasteiger partial charge >= 0.3 is 5.97 Å². The number of hydrogen-bond acceptors (Lipinski definition) is 4. The van der Waals surface area contributed by atoms with Gasteiger partial charge in [-0.05, 0) is 41.8 Å². The summed E-state index contributed by atoms with van der Waals surface area (Å²) in [6, 6.07) is 14.2. The molecule has 5 nitrogen and oxygen atoms in total. The van der Waals surface area contributed by atoms with Crippen LogP contribution in [-0.4, -0.2) is 25.6 Å². The normalized spacial score (nSPS) is 10.3. The molecule has 24 heavy (non-hydrogen) atoms. The van der Waals surface area contributed by atoms with E-state index in [1.165, 1.54) is 12.7 Å². The Morgan fingerprint density at radius 3 is 2.42 bits per heavy atom. The number of methoxy groups -OCH3 is 1. The Morgan fingerprint density at radius 1 is 1.08 bits per heavy atom. The summed E-state index contributed by atoms with van der Waals surface area (Å²) in [6.45, 7) is 4.13. The van der Waals surface area contributed by atoms with Gasteiger partial charge in [-0.2, -0.15) is 0 Å². The van der Waals surface area contributed by atoms with Gasteiger partial charge in [-0.15, -0.1) is 0 Å². The molecule has 0 fully saturated rings. The van der Waals surface area contributed by atoms with Crippen LogP contribution < -0.4 is 10.1 Å². The van der Waals surface area contributed by atoms with Gasteiger partial charge < -0.3 is 14.8 Å². The van der Waals surface area contributed by atoms with E-state index in [1.54, 1.807) is 24.3 Å². The summed E-state index contributed by atoms with van der Waals surface area (Å²) in [5, 5.41) is 2.69. The lowest BCUT2D eigenvalue weighted by molar-refractivity contribution is -0.118. The fraction of sp³-hybridized carbons (Fsp3) is 0.263. The van der Waals surface area contributed by atoms with E-state index >= 15 is 0 Å². The topological polar surface area (TPSA) is 64.6 Å². The Bertz CT molecular complexity index is 708. The number of anilines is 1. The number of rotatable bonds is 6. The molecular formula is C19H21NO4. The van der Waals surface area contributed by atoms with Gasteiger partial charge in [0.15, 0.2) is 6.61 Å². The third-order valence-corrected chi connectivity index (χ3v) is 3.48. The summed E-state index contributed by atoms with van der Waals surface area (Å²) in [5.41, 5.74) is 2.11. The molecule has 0 spiro atoms. The zero-order chi connectivity index (χ0) is 17.5. The standard InChI is InChI=1S/C19H21NO4/c1-13(2)14-7-9-17(10-8-14)24-12-18(21)20-16-6-4-5-15(11-16)19(22)23-3/h4-11,13H,12H2,1-3H3,(H,20,21). The molecule has 0 aliphatic rings. The van der Waals surface area contributed by atoms with Crippen LogP contribution >= 0.6 is 0 Å². The van der Waals surface area contributed by atoms with Gasteiger partial charge in [0.2, 0.25) is 0 Å². The van der Waals surface area contributed by atoms with E-state index in [9.17, 15) is 9.59 Å². The van der Waals surface area contributed by atoms with E-state index < -0.39 is 5.97 Å². The minimum absolute atomic E-state index is 0.108. The SMILES string of the molecule is COC(=O)c1cccc(NC(=O)COc2ccc(C(C)C)cc2)c1. The summed E-state index contributed by atoms with van der Waals surface area (Å²) in [5.74, 6) is 0.333. The highest BCUT2D eigenvalue weighted by molar-refractivity contribution is 5.95. The molecule has 2 aromatic carbocycles. The van der Waals surface area contributed by atoms with Crippen molar-refractivity contribution >= 4 is 17.6 Å². The van der Waals surface area contributed by atoms with E-state index in [-0.39, 0.29) is 12.5 Å². The van der Waals surface area contributed by atoms with Crippen molar-refractivity contribution in [3.05, 3.63) is 59.7 Å². The molecule has 0 unspecified atom stereocenters. The molecular weight excluding hydrogens is 306 g/mol. The summed E-state index contributed by atoms with van der Waals surface area (Å²) in [6.07, 6.45) is 0. The summed E-state index contributed by atoms with van der Waals surface area (Å²) in [4.78, 5) is 23.4. The highest BCUT2D eigenvalue weighted by Crippen LogP contribution is 2.18. The van der Waals surface area contributed by atoms with E-state index in [0.717, 1.165) is 0 Å². The first kappa shape index (κ1) is 17.5. The van der Waals surface area contributed by atoms with Crippen molar-refractivity contribution in [3.63, 3.8) is 0 Å². The maximum atomic E-state index is 12.0. The van der Waals surface area contributed by atoms with Crippen molar-refractivity contribution in [2.24, 2.45) is 0 Å². The Labute approximate surface area is 141 Å². The van der Waals surface area contributed by atoms with E-state index in [4.69, 9.17) is 4.74 Å². The molecule has 1 N–H and O–H groups in total. The van der Waals surface area contributed by atoms with Crippen molar-refractivity contribution < 1.29 is 19.1 Å². The third kappa shape index (κ3) is 4.84. The second kappa shape index (κ2) is 8.15. The van der Waals surface area contributed by atoms with Crippen LogP contribution in [0.1, 0.15) is 35.7 Å². The van der Waals surface area contributed by atoms with Crippen molar-refractivity contribution in [1.82, 2.24) is 0 Å². The summed E-state index contributed by atoms with van der Waals surface area (Å²) in [7, 11) is 1.31. The van der Waals surface area contributed by atoms with E-state index in [2.05, 4.69) is 23.9 Å². The van der Waals surface area contributed by atoms with Crippen molar-refractivity contribution in [3.8, 4) is 5.75 Å². The number of carbonyl (C=O) groups is 2. The van der Waals surface area contributed by atoms with Gasteiger partial charge in [-0.25, -0.2) is 4.79 Å². The Balaban J connectivity index is 1.90. The van der Waals surface area contributed by atoms with Crippen LogP contribution in [0.3, 0.4) is 0 Å². The van der Waals surface area contributed by atoms with Crippen LogP contribution in [0.5, 0.6) is 5.75 Å². The molecule has 0 atom stereocenters. The molecule has 2 rings (SSSR count). The lowest BCUT2D eigenvalue weighted by Crippen LogP contribution is -2.20. The van der Waals surface area contributed by atoms with Gasteiger partial charge in [-0.3, -0.25) is 4.79 Å². The zero-order valence-corrected chi connectivity index (χ0v) is 14.0. The molecule has 1 amide bonds. The minimum Gasteiger partial charge on any atom is -0.484 e. The first-order valence-corrected chi connectivity index (χ1v) is 7.70. The predicted molar refractivity (Wildman–Crippen MR) is 92.4 cm³/mol. The zero-order valence-electron chi connectivity index (χ0n) is 14.0. The maximum Gasteiger partial charge on any atom is 0.337 e.